The summed E-state index contributed by atoms with van der Waals surface area (Å²) in [6, 6.07) is 10.5. The summed E-state index contributed by atoms with van der Waals surface area (Å²) in [5.41, 5.74) is 1.36. The molecule has 0 spiro atoms. The van der Waals surface area contributed by atoms with Crippen molar-refractivity contribution in [3.8, 4) is 0 Å². The molecule has 1 aliphatic rings. The molecule has 0 saturated carbocycles. The van der Waals surface area contributed by atoms with Gasteiger partial charge in [0.2, 0.25) is 0 Å². The summed E-state index contributed by atoms with van der Waals surface area (Å²) >= 11 is 0. The zero-order valence-corrected chi connectivity index (χ0v) is 15.0. The van der Waals surface area contributed by atoms with Crippen molar-refractivity contribution in [3.05, 3.63) is 35.9 Å². The van der Waals surface area contributed by atoms with E-state index >= 15 is 0 Å². The van der Waals surface area contributed by atoms with Gasteiger partial charge < -0.3 is 9.80 Å². The quantitative estimate of drug-likeness (QED) is 0.752. The molecule has 1 heterocycles. The lowest BCUT2D eigenvalue weighted by atomic mass is 9.90. The third kappa shape index (κ3) is 5.08. The highest BCUT2D eigenvalue weighted by atomic mass is 16.2. The van der Waals surface area contributed by atoms with Gasteiger partial charge in [0.25, 0.3) is 0 Å². The lowest BCUT2D eigenvalue weighted by molar-refractivity contribution is -0.152. The molecule has 1 fully saturated rings. The molecule has 1 saturated heterocycles. The van der Waals surface area contributed by atoms with Gasteiger partial charge in [-0.05, 0) is 43.6 Å². The van der Waals surface area contributed by atoms with Crippen LogP contribution < -0.4 is 0 Å². The molecule has 0 radical (unpaired) electrons. The molecule has 0 aromatic heterocycles. The maximum atomic E-state index is 12.5. The normalized spacial score (nSPS) is 15.3. The van der Waals surface area contributed by atoms with Gasteiger partial charge in [-0.15, -0.1) is 0 Å². The van der Waals surface area contributed by atoms with Gasteiger partial charge in [-0.2, -0.15) is 0 Å². The van der Waals surface area contributed by atoms with Crippen LogP contribution in [-0.2, 0) is 16.0 Å². The number of carbonyl (C=O) groups excluding carboxylic acids is 2. The summed E-state index contributed by atoms with van der Waals surface area (Å²) in [6.45, 7) is 6.82. The first-order valence-electron chi connectivity index (χ1n) is 9.27. The van der Waals surface area contributed by atoms with Gasteiger partial charge in [-0.3, -0.25) is 9.59 Å². The summed E-state index contributed by atoms with van der Waals surface area (Å²) < 4.78 is 0. The maximum absolute atomic E-state index is 12.5. The Labute approximate surface area is 145 Å². The van der Waals surface area contributed by atoms with Crippen molar-refractivity contribution in [2.24, 2.45) is 5.92 Å². The van der Waals surface area contributed by atoms with Gasteiger partial charge in [0, 0.05) is 26.2 Å². The number of hydrogen-bond acceptors (Lipinski definition) is 2. The van der Waals surface area contributed by atoms with Gasteiger partial charge in [-0.1, -0.05) is 44.2 Å². The minimum absolute atomic E-state index is 0.310. The summed E-state index contributed by atoms with van der Waals surface area (Å²) in [6.07, 6.45) is 4.80. The third-order valence-electron chi connectivity index (χ3n) is 4.73. The van der Waals surface area contributed by atoms with Gasteiger partial charge in [0.1, 0.15) is 0 Å². The van der Waals surface area contributed by atoms with Gasteiger partial charge >= 0.3 is 11.8 Å². The Kier molecular flexibility index (Phi) is 7.29. The molecule has 132 valence electrons. The largest absolute Gasteiger partial charge is 0.334 e. The van der Waals surface area contributed by atoms with Crippen LogP contribution in [0.25, 0.3) is 0 Å². The average molecular weight is 330 g/mol. The number of amides is 2. The molecular weight excluding hydrogens is 300 g/mol. The Balaban J connectivity index is 1.84. The van der Waals surface area contributed by atoms with Crippen LogP contribution >= 0.6 is 0 Å². The third-order valence-corrected chi connectivity index (χ3v) is 4.73. The van der Waals surface area contributed by atoms with Crippen molar-refractivity contribution < 1.29 is 9.59 Å². The molecule has 1 aromatic carbocycles. The zero-order valence-electron chi connectivity index (χ0n) is 15.0. The van der Waals surface area contributed by atoms with Crippen LogP contribution in [0.2, 0.25) is 0 Å². The van der Waals surface area contributed by atoms with Crippen LogP contribution in [0.1, 0.15) is 45.1 Å². The topological polar surface area (TPSA) is 40.6 Å². The highest BCUT2D eigenvalue weighted by Gasteiger charge is 2.29. The number of rotatable bonds is 6. The van der Waals surface area contributed by atoms with E-state index in [0.29, 0.717) is 32.1 Å². The predicted octanol–water partition coefficient (Wildman–Crippen LogP) is 3.12. The molecule has 2 rings (SSSR count). The maximum Gasteiger partial charge on any atom is 0.312 e. The first kappa shape index (κ1) is 18.5. The number of likely N-dealkylation sites (tertiary alicyclic amines) is 1. The van der Waals surface area contributed by atoms with E-state index in [2.05, 4.69) is 24.3 Å². The van der Waals surface area contributed by atoms with Crippen LogP contribution in [0.3, 0.4) is 0 Å². The van der Waals surface area contributed by atoms with E-state index in [1.54, 1.807) is 9.80 Å². The number of nitrogens with zero attached hydrogens (tertiary/aromatic N) is 2. The molecule has 0 unspecified atom stereocenters. The molecule has 24 heavy (non-hydrogen) atoms. The van der Waals surface area contributed by atoms with E-state index in [1.165, 1.54) is 5.56 Å². The monoisotopic (exact) mass is 330 g/mol. The van der Waals surface area contributed by atoms with Crippen molar-refractivity contribution in [2.45, 2.75) is 46.0 Å². The van der Waals surface area contributed by atoms with Crippen molar-refractivity contribution in [1.29, 1.82) is 0 Å². The van der Waals surface area contributed by atoms with E-state index in [9.17, 15) is 9.59 Å². The lowest BCUT2D eigenvalue weighted by Crippen LogP contribution is -2.48. The Hall–Kier alpha value is -1.84. The van der Waals surface area contributed by atoms with Crippen LogP contribution in [0.5, 0.6) is 0 Å². The van der Waals surface area contributed by atoms with E-state index < -0.39 is 0 Å². The van der Waals surface area contributed by atoms with Crippen LogP contribution in [0, 0.1) is 5.92 Å². The SMILES string of the molecule is CCCN(CCC)C(=O)C(=O)N1CCC(Cc2ccccc2)CC1. The fourth-order valence-corrected chi connectivity index (χ4v) is 3.41. The van der Waals surface area contributed by atoms with E-state index in [1.807, 2.05) is 19.9 Å². The van der Waals surface area contributed by atoms with Gasteiger partial charge in [-0.25, -0.2) is 0 Å². The molecule has 4 heteroatoms. The lowest BCUT2D eigenvalue weighted by Gasteiger charge is -2.33. The fourth-order valence-electron chi connectivity index (χ4n) is 3.41. The molecule has 2 amide bonds. The minimum atomic E-state index is -0.319. The first-order valence-corrected chi connectivity index (χ1v) is 9.27. The van der Waals surface area contributed by atoms with Crippen molar-refractivity contribution in [2.75, 3.05) is 26.2 Å². The van der Waals surface area contributed by atoms with Crippen LogP contribution in [0.15, 0.2) is 30.3 Å². The second-order valence-electron chi connectivity index (χ2n) is 6.72. The Bertz CT molecular complexity index is 516. The van der Waals surface area contributed by atoms with Crippen molar-refractivity contribution in [3.63, 3.8) is 0 Å². The number of benzene rings is 1. The molecule has 1 aromatic rings. The predicted molar refractivity (Wildman–Crippen MR) is 96.6 cm³/mol. The summed E-state index contributed by atoms with van der Waals surface area (Å²) in [5.74, 6) is -0.0239. The zero-order chi connectivity index (χ0) is 17.4. The van der Waals surface area contributed by atoms with Crippen molar-refractivity contribution in [1.82, 2.24) is 9.80 Å². The molecule has 4 nitrogen and oxygen atoms in total. The van der Waals surface area contributed by atoms with E-state index in [4.69, 9.17) is 0 Å². The van der Waals surface area contributed by atoms with Crippen molar-refractivity contribution >= 4 is 11.8 Å². The summed E-state index contributed by atoms with van der Waals surface area (Å²) in [7, 11) is 0. The van der Waals surface area contributed by atoms with E-state index in [0.717, 1.165) is 32.1 Å². The first-order chi connectivity index (χ1) is 11.7. The summed E-state index contributed by atoms with van der Waals surface area (Å²) in [4.78, 5) is 28.4. The van der Waals surface area contributed by atoms with Crippen LogP contribution in [-0.4, -0.2) is 47.8 Å². The fraction of sp³-hybridized carbons (Fsp3) is 0.600. The second-order valence-corrected chi connectivity index (χ2v) is 6.72. The van der Waals surface area contributed by atoms with Gasteiger partial charge in [0.05, 0.1) is 0 Å². The molecule has 0 N–H and O–H groups in total. The Morgan fingerprint density at radius 2 is 1.62 bits per heavy atom. The van der Waals surface area contributed by atoms with E-state index in [-0.39, 0.29) is 11.8 Å². The summed E-state index contributed by atoms with van der Waals surface area (Å²) in [5, 5.41) is 0. The Morgan fingerprint density at radius 3 is 2.17 bits per heavy atom. The standard InChI is InChI=1S/C20H30N2O2/c1-3-12-21(13-4-2)19(23)20(24)22-14-10-18(11-15-22)16-17-8-6-5-7-9-17/h5-9,18H,3-4,10-16H2,1-2H3. The highest BCUT2D eigenvalue weighted by molar-refractivity contribution is 6.34. The van der Waals surface area contributed by atoms with Gasteiger partial charge in [0.15, 0.2) is 0 Å². The molecule has 0 bridgehead atoms. The number of carbonyl (C=O) groups is 2. The molecule has 0 aliphatic carbocycles. The highest BCUT2D eigenvalue weighted by Crippen LogP contribution is 2.22. The second kappa shape index (κ2) is 9.45. The average Bonchev–Trinajstić information content (AvgIpc) is 2.62. The number of piperidine rings is 1. The number of hydrogen-bond donors (Lipinski definition) is 0. The van der Waals surface area contributed by atoms with Crippen LogP contribution in [0.4, 0.5) is 0 Å². The molecular formula is C20H30N2O2. The Morgan fingerprint density at radius 1 is 1.04 bits per heavy atom. The smallest absolute Gasteiger partial charge is 0.312 e. The minimum Gasteiger partial charge on any atom is -0.334 e. The molecule has 0 atom stereocenters. The molecule has 1 aliphatic heterocycles.